The predicted octanol–water partition coefficient (Wildman–Crippen LogP) is 2.80. The van der Waals surface area contributed by atoms with Crippen LogP contribution in [0.15, 0.2) is 64.4 Å². The van der Waals surface area contributed by atoms with Gasteiger partial charge in [-0.3, -0.25) is 23.5 Å². The van der Waals surface area contributed by atoms with E-state index in [4.69, 9.17) is 4.74 Å². The van der Waals surface area contributed by atoms with Gasteiger partial charge in [-0.15, -0.1) is 0 Å². The van der Waals surface area contributed by atoms with Crippen molar-refractivity contribution in [2.45, 2.75) is 57.3 Å². The molecule has 12 heteroatoms. The van der Waals surface area contributed by atoms with Gasteiger partial charge in [0.05, 0.1) is 13.4 Å². The summed E-state index contributed by atoms with van der Waals surface area (Å²) in [5.74, 6) is -0.666. The zero-order valence-corrected chi connectivity index (χ0v) is 24.5. The maximum absolute atomic E-state index is 14.2. The highest BCUT2D eigenvalue weighted by Crippen LogP contribution is 2.27. The van der Waals surface area contributed by atoms with E-state index in [0.29, 0.717) is 11.3 Å². The van der Waals surface area contributed by atoms with E-state index in [1.807, 2.05) is 0 Å². The summed E-state index contributed by atoms with van der Waals surface area (Å²) in [5.41, 5.74) is 0.298. The van der Waals surface area contributed by atoms with Gasteiger partial charge in [0.1, 0.15) is 24.2 Å². The molecule has 0 spiro atoms. The number of imidazole rings is 1. The Labute approximate surface area is 247 Å². The first-order valence-corrected chi connectivity index (χ1v) is 14.3. The van der Waals surface area contributed by atoms with Gasteiger partial charge in [0.2, 0.25) is 11.8 Å². The van der Waals surface area contributed by atoms with Crippen LogP contribution >= 0.6 is 0 Å². The van der Waals surface area contributed by atoms with Gasteiger partial charge in [-0.25, -0.2) is 14.2 Å². The summed E-state index contributed by atoms with van der Waals surface area (Å²) in [5, 5.41) is 3.13. The van der Waals surface area contributed by atoms with Crippen LogP contribution in [0.1, 0.15) is 49.3 Å². The topological polar surface area (TPSA) is 120 Å². The second kappa shape index (κ2) is 12.6. The first-order chi connectivity index (χ1) is 20.7. The first kappa shape index (κ1) is 29.7. The summed E-state index contributed by atoms with van der Waals surface area (Å²) >= 11 is 0. The molecule has 0 aliphatic heterocycles. The lowest BCUT2D eigenvalue weighted by Crippen LogP contribution is -2.47. The van der Waals surface area contributed by atoms with Gasteiger partial charge in [0, 0.05) is 26.7 Å². The van der Waals surface area contributed by atoms with Crippen LogP contribution in [0.2, 0.25) is 0 Å². The molecule has 2 amide bonds. The fraction of sp³-hybridized carbons (Fsp3) is 0.387. The monoisotopic (exact) mass is 590 g/mol. The van der Waals surface area contributed by atoms with Crippen molar-refractivity contribution in [3.05, 3.63) is 92.6 Å². The van der Waals surface area contributed by atoms with E-state index in [-0.39, 0.29) is 36.2 Å². The number of hydrogen-bond donors (Lipinski definition) is 1. The Morgan fingerprint density at radius 1 is 1.02 bits per heavy atom. The van der Waals surface area contributed by atoms with E-state index < -0.39 is 29.0 Å². The molecule has 226 valence electrons. The molecule has 0 saturated heterocycles. The highest BCUT2D eigenvalue weighted by atomic mass is 19.1. The van der Waals surface area contributed by atoms with Gasteiger partial charge in [0.25, 0.3) is 5.56 Å². The molecule has 1 fully saturated rings. The number of carbonyl (C=O) groups is 2. The Kier molecular flexibility index (Phi) is 8.74. The summed E-state index contributed by atoms with van der Waals surface area (Å²) in [6.45, 7) is -0.277. The number of carbonyl (C=O) groups excluding carboxylic acids is 2. The highest BCUT2D eigenvalue weighted by Gasteiger charge is 2.33. The van der Waals surface area contributed by atoms with Crippen LogP contribution in [0, 0.1) is 5.82 Å². The van der Waals surface area contributed by atoms with E-state index in [0.717, 1.165) is 42.2 Å². The third kappa shape index (κ3) is 6.23. The van der Waals surface area contributed by atoms with Crippen molar-refractivity contribution in [1.82, 2.24) is 28.9 Å². The fourth-order valence-corrected chi connectivity index (χ4v) is 5.65. The van der Waals surface area contributed by atoms with Crippen molar-refractivity contribution >= 4 is 23.0 Å². The number of fused-ring (bicyclic) bond motifs is 1. The minimum atomic E-state index is -1.08. The largest absolute Gasteiger partial charge is 0.497 e. The molecule has 0 unspecified atom stereocenters. The number of amides is 2. The molecule has 4 aromatic rings. The fourth-order valence-electron chi connectivity index (χ4n) is 5.65. The summed E-state index contributed by atoms with van der Waals surface area (Å²) in [7, 11) is 4.42. The second-order valence-corrected chi connectivity index (χ2v) is 10.9. The molecule has 2 heterocycles. The Hall–Kier alpha value is -4.74. The van der Waals surface area contributed by atoms with E-state index in [1.165, 1.54) is 58.7 Å². The molecule has 5 rings (SSSR count). The number of nitrogens with zero attached hydrogens (tertiary/aromatic N) is 5. The van der Waals surface area contributed by atoms with E-state index >= 15 is 0 Å². The van der Waals surface area contributed by atoms with Crippen LogP contribution in [-0.2, 0) is 36.8 Å². The number of hydrogen-bond acceptors (Lipinski definition) is 6. The van der Waals surface area contributed by atoms with Gasteiger partial charge in [0.15, 0.2) is 11.2 Å². The summed E-state index contributed by atoms with van der Waals surface area (Å²) in [6.07, 6.45) is 6.15. The number of aryl methyl sites for hydroxylation is 1. The molecule has 43 heavy (non-hydrogen) atoms. The number of aromatic nitrogens is 4. The van der Waals surface area contributed by atoms with E-state index in [2.05, 4.69) is 10.3 Å². The lowest BCUT2D eigenvalue weighted by atomic mass is 9.94. The summed E-state index contributed by atoms with van der Waals surface area (Å²) in [4.78, 5) is 59.4. The van der Waals surface area contributed by atoms with Crippen LogP contribution < -0.4 is 21.3 Å². The first-order valence-electron chi connectivity index (χ1n) is 14.3. The van der Waals surface area contributed by atoms with Crippen molar-refractivity contribution in [2.75, 3.05) is 7.11 Å². The van der Waals surface area contributed by atoms with Crippen molar-refractivity contribution in [3.63, 3.8) is 0 Å². The third-order valence-corrected chi connectivity index (χ3v) is 8.05. The lowest BCUT2D eigenvalue weighted by Gasteiger charge is -2.33. The van der Waals surface area contributed by atoms with Crippen LogP contribution in [0.3, 0.4) is 0 Å². The van der Waals surface area contributed by atoms with Gasteiger partial charge >= 0.3 is 5.69 Å². The molecule has 11 nitrogen and oxygen atoms in total. The minimum Gasteiger partial charge on any atom is -0.497 e. The molecule has 2 aromatic heterocycles. The zero-order chi connectivity index (χ0) is 30.7. The second-order valence-electron chi connectivity index (χ2n) is 10.9. The zero-order valence-electron chi connectivity index (χ0n) is 24.5. The molecular formula is C31H35FN6O5. The molecule has 2 aromatic carbocycles. The Balaban J connectivity index is 1.57. The highest BCUT2D eigenvalue weighted by molar-refractivity contribution is 5.89. The molecular weight excluding hydrogens is 555 g/mol. The molecule has 1 aliphatic rings. The molecule has 1 aliphatic carbocycles. The molecule has 1 saturated carbocycles. The summed E-state index contributed by atoms with van der Waals surface area (Å²) in [6, 6.07) is 11.6. The van der Waals surface area contributed by atoms with Crippen molar-refractivity contribution in [1.29, 1.82) is 0 Å². The lowest BCUT2D eigenvalue weighted by molar-refractivity contribution is -0.142. The molecule has 1 N–H and O–H groups in total. The normalized spacial score (nSPS) is 14.4. The van der Waals surface area contributed by atoms with Crippen LogP contribution in [0.25, 0.3) is 11.2 Å². The van der Waals surface area contributed by atoms with Gasteiger partial charge < -0.3 is 19.5 Å². The molecule has 0 bridgehead atoms. The third-order valence-electron chi connectivity index (χ3n) is 8.05. The number of nitrogens with one attached hydrogen (secondary N) is 1. The number of ether oxygens (including phenoxy) is 1. The number of rotatable bonds is 9. The number of methoxy groups -OCH3 is 1. The smallest absolute Gasteiger partial charge is 0.332 e. The Morgan fingerprint density at radius 2 is 1.70 bits per heavy atom. The molecule has 1 atom stereocenters. The van der Waals surface area contributed by atoms with Crippen LogP contribution in [-0.4, -0.2) is 48.6 Å². The van der Waals surface area contributed by atoms with Gasteiger partial charge in [-0.2, -0.15) is 0 Å². The Bertz CT molecular complexity index is 1740. The van der Waals surface area contributed by atoms with Gasteiger partial charge in [-0.1, -0.05) is 43.5 Å². The predicted molar refractivity (Wildman–Crippen MR) is 158 cm³/mol. The average Bonchev–Trinajstić information content (AvgIpc) is 3.44. The number of benzene rings is 2. The van der Waals surface area contributed by atoms with E-state index in [1.54, 1.807) is 31.4 Å². The van der Waals surface area contributed by atoms with Crippen LogP contribution in [0.5, 0.6) is 5.75 Å². The average molecular weight is 591 g/mol. The maximum atomic E-state index is 14.2. The van der Waals surface area contributed by atoms with Crippen molar-refractivity contribution in [2.24, 2.45) is 14.1 Å². The minimum absolute atomic E-state index is 0.0240. The quantitative estimate of drug-likeness (QED) is 0.320. The van der Waals surface area contributed by atoms with Crippen LogP contribution in [0.4, 0.5) is 4.39 Å². The maximum Gasteiger partial charge on any atom is 0.332 e. The van der Waals surface area contributed by atoms with Crippen molar-refractivity contribution in [3.8, 4) is 5.75 Å². The Morgan fingerprint density at radius 3 is 2.35 bits per heavy atom. The van der Waals surface area contributed by atoms with Gasteiger partial charge in [-0.05, 0) is 48.2 Å². The van der Waals surface area contributed by atoms with E-state index in [9.17, 15) is 23.6 Å². The molecule has 0 radical (unpaired) electrons. The summed E-state index contributed by atoms with van der Waals surface area (Å²) < 4.78 is 22.8. The SMILES string of the molecule is COc1ccc(CN(C(=O)Cn2cnc3c2c(=O)n(C)c(=O)n3C)[C@H](C(=O)NC2CCCCC2)c2ccc(F)cc2)cc1. The van der Waals surface area contributed by atoms with Crippen molar-refractivity contribution < 1.29 is 18.7 Å². The standard InChI is InChI=1S/C31H35FN6O5/c1-35-28-27(30(41)36(2)31(35)42)37(19-33-28)18-25(39)38(17-20-9-15-24(43-3)16-10-20)26(21-11-13-22(32)14-12-21)29(40)34-23-7-5-4-6-8-23/h9-16,19,23,26H,4-8,17-18H2,1-3H3,(H,34,40)/t26-/m0/s1. The number of halogens is 1.